The number of hydrogen-bond acceptors (Lipinski definition) is 3. The smallest absolute Gasteiger partial charge is 0.131 e. The predicted octanol–water partition coefficient (Wildman–Crippen LogP) is 3.67. The average Bonchev–Trinajstić information content (AvgIpc) is 2.67. The SMILES string of the molecule is CC(C)Oc1cccc(C2=NC(CC(C)(C)F)CN2C)c1. The van der Waals surface area contributed by atoms with Gasteiger partial charge in [-0.25, -0.2) is 4.39 Å². The molecule has 0 aromatic heterocycles. The first-order valence-electron chi connectivity index (χ1n) is 7.49. The van der Waals surface area contributed by atoms with Crippen LogP contribution in [0.1, 0.15) is 39.7 Å². The molecule has 4 heteroatoms. The summed E-state index contributed by atoms with van der Waals surface area (Å²) in [5.74, 6) is 1.76. The van der Waals surface area contributed by atoms with Crippen LogP contribution in [0.2, 0.25) is 0 Å². The number of benzene rings is 1. The molecule has 1 unspecified atom stereocenters. The summed E-state index contributed by atoms with van der Waals surface area (Å²) in [4.78, 5) is 6.78. The maximum atomic E-state index is 13.8. The minimum Gasteiger partial charge on any atom is -0.491 e. The Kier molecular flexibility index (Phi) is 4.55. The van der Waals surface area contributed by atoms with Gasteiger partial charge in [-0.3, -0.25) is 4.99 Å². The van der Waals surface area contributed by atoms with Crippen molar-refractivity contribution in [2.75, 3.05) is 13.6 Å². The number of alkyl halides is 1. The zero-order valence-electron chi connectivity index (χ0n) is 13.6. The maximum absolute atomic E-state index is 13.8. The molecule has 1 aliphatic rings. The Balaban J connectivity index is 2.18. The summed E-state index contributed by atoms with van der Waals surface area (Å²) in [6, 6.07) is 7.94. The van der Waals surface area contributed by atoms with E-state index in [0.717, 1.165) is 23.7 Å². The van der Waals surface area contributed by atoms with Crippen LogP contribution in [0.25, 0.3) is 0 Å². The molecule has 0 fully saturated rings. The highest BCUT2D eigenvalue weighted by Gasteiger charge is 2.29. The second-order valence-corrected chi connectivity index (χ2v) is 6.60. The van der Waals surface area contributed by atoms with Crippen molar-refractivity contribution in [3.63, 3.8) is 0 Å². The lowest BCUT2D eigenvalue weighted by molar-refractivity contribution is 0.186. The van der Waals surface area contributed by atoms with Gasteiger partial charge in [-0.15, -0.1) is 0 Å². The van der Waals surface area contributed by atoms with Crippen LogP contribution in [0.3, 0.4) is 0 Å². The van der Waals surface area contributed by atoms with Crippen LogP contribution in [0.4, 0.5) is 4.39 Å². The zero-order chi connectivity index (χ0) is 15.6. The highest BCUT2D eigenvalue weighted by molar-refractivity contribution is 6.00. The van der Waals surface area contributed by atoms with Gasteiger partial charge in [0.2, 0.25) is 0 Å². The Hall–Kier alpha value is -1.58. The van der Waals surface area contributed by atoms with Crippen molar-refractivity contribution >= 4 is 5.84 Å². The van der Waals surface area contributed by atoms with Crippen LogP contribution in [-0.2, 0) is 0 Å². The third-order valence-electron chi connectivity index (χ3n) is 3.34. The molecular weight excluding hydrogens is 267 g/mol. The second kappa shape index (κ2) is 6.04. The molecule has 2 rings (SSSR count). The van der Waals surface area contributed by atoms with Crippen LogP contribution in [0.5, 0.6) is 5.75 Å². The summed E-state index contributed by atoms with van der Waals surface area (Å²) in [6.07, 6.45) is 0.590. The molecule has 1 aliphatic heterocycles. The van der Waals surface area contributed by atoms with E-state index in [1.54, 1.807) is 13.8 Å². The Labute approximate surface area is 126 Å². The summed E-state index contributed by atoms with van der Waals surface area (Å²) in [5, 5.41) is 0. The van der Waals surface area contributed by atoms with E-state index in [0.29, 0.717) is 6.42 Å². The monoisotopic (exact) mass is 292 g/mol. The highest BCUT2D eigenvalue weighted by Crippen LogP contribution is 2.25. The molecule has 0 spiro atoms. The van der Waals surface area contributed by atoms with E-state index in [4.69, 9.17) is 9.73 Å². The minimum atomic E-state index is -1.19. The van der Waals surface area contributed by atoms with Crippen molar-refractivity contribution in [3.8, 4) is 5.75 Å². The van der Waals surface area contributed by atoms with Gasteiger partial charge in [0.1, 0.15) is 17.3 Å². The van der Waals surface area contributed by atoms with Crippen LogP contribution in [0, 0.1) is 0 Å². The van der Waals surface area contributed by atoms with Crippen molar-refractivity contribution in [1.29, 1.82) is 0 Å². The number of likely N-dealkylation sites (N-methyl/N-ethyl adjacent to an activating group) is 1. The van der Waals surface area contributed by atoms with Gasteiger partial charge in [0.15, 0.2) is 0 Å². The van der Waals surface area contributed by atoms with Crippen molar-refractivity contribution in [2.24, 2.45) is 4.99 Å². The maximum Gasteiger partial charge on any atom is 0.131 e. The largest absolute Gasteiger partial charge is 0.491 e. The summed E-state index contributed by atoms with van der Waals surface area (Å²) in [7, 11) is 2.00. The summed E-state index contributed by atoms with van der Waals surface area (Å²) < 4.78 is 19.5. The number of hydrogen-bond donors (Lipinski definition) is 0. The molecule has 0 saturated heterocycles. The minimum absolute atomic E-state index is 0.0136. The van der Waals surface area contributed by atoms with Gasteiger partial charge >= 0.3 is 0 Å². The molecular formula is C17H25FN2O. The Morgan fingerprint density at radius 3 is 2.76 bits per heavy atom. The van der Waals surface area contributed by atoms with Gasteiger partial charge in [-0.05, 0) is 39.8 Å². The average molecular weight is 292 g/mol. The van der Waals surface area contributed by atoms with E-state index in [9.17, 15) is 4.39 Å². The van der Waals surface area contributed by atoms with Gasteiger partial charge in [0.25, 0.3) is 0 Å². The first-order chi connectivity index (χ1) is 9.74. The van der Waals surface area contributed by atoms with Crippen molar-refractivity contribution in [1.82, 2.24) is 4.90 Å². The van der Waals surface area contributed by atoms with Gasteiger partial charge in [0.05, 0.1) is 12.1 Å². The van der Waals surface area contributed by atoms with E-state index in [2.05, 4.69) is 4.90 Å². The van der Waals surface area contributed by atoms with E-state index in [1.807, 2.05) is 45.2 Å². The summed E-state index contributed by atoms with van der Waals surface area (Å²) >= 11 is 0. The predicted molar refractivity (Wildman–Crippen MR) is 85.0 cm³/mol. The number of rotatable bonds is 5. The lowest BCUT2D eigenvalue weighted by Gasteiger charge is -2.18. The molecule has 21 heavy (non-hydrogen) atoms. The molecule has 1 atom stereocenters. The Morgan fingerprint density at radius 2 is 2.14 bits per heavy atom. The summed E-state index contributed by atoms with van der Waals surface area (Å²) in [5.41, 5.74) is -0.164. The van der Waals surface area contributed by atoms with E-state index < -0.39 is 5.67 Å². The fourth-order valence-electron chi connectivity index (χ4n) is 2.66. The highest BCUT2D eigenvalue weighted by atomic mass is 19.1. The number of halogens is 1. The van der Waals surface area contributed by atoms with Crippen molar-refractivity contribution in [2.45, 2.75) is 51.9 Å². The van der Waals surface area contributed by atoms with Gasteiger partial charge in [-0.2, -0.15) is 0 Å². The number of aliphatic imine (C=N–C) groups is 1. The van der Waals surface area contributed by atoms with E-state index >= 15 is 0 Å². The third-order valence-corrected chi connectivity index (χ3v) is 3.34. The van der Waals surface area contributed by atoms with Crippen LogP contribution in [0.15, 0.2) is 29.3 Å². The van der Waals surface area contributed by atoms with Gasteiger partial charge in [0, 0.05) is 25.6 Å². The molecule has 0 bridgehead atoms. The second-order valence-electron chi connectivity index (χ2n) is 6.60. The first kappa shape index (κ1) is 15.8. The van der Waals surface area contributed by atoms with Crippen molar-refractivity contribution in [3.05, 3.63) is 29.8 Å². The van der Waals surface area contributed by atoms with Crippen LogP contribution in [-0.4, -0.2) is 42.1 Å². The molecule has 1 aromatic rings. The van der Waals surface area contributed by atoms with Gasteiger partial charge < -0.3 is 9.64 Å². The first-order valence-corrected chi connectivity index (χ1v) is 7.49. The van der Waals surface area contributed by atoms with Crippen LogP contribution < -0.4 is 4.74 Å². The molecule has 1 heterocycles. The normalized spacial score (nSPS) is 19.1. The van der Waals surface area contributed by atoms with E-state index in [-0.39, 0.29) is 12.1 Å². The zero-order valence-corrected chi connectivity index (χ0v) is 13.6. The molecule has 0 radical (unpaired) electrons. The number of ether oxygens (including phenoxy) is 1. The lowest BCUT2D eigenvalue weighted by Crippen LogP contribution is -2.28. The standard InChI is InChI=1S/C17H25FN2O/c1-12(2)21-15-8-6-7-13(9-15)16-19-14(11-20(16)5)10-17(3,4)18/h6-9,12,14H,10-11H2,1-5H3. The summed E-state index contributed by atoms with van der Waals surface area (Å²) in [6.45, 7) is 7.99. The van der Waals surface area contributed by atoms with Gasteiger partial charge in [-0.1, -0.05) is 12.1 Å². The number of amidine groups is 1. The lowest BCUT2D eigenvalue weighted by atomic mass is 10.0. The third kappa shape index (κ3) is 4.45. The fourth-order valence-corrected chi connectivity index (χ4v) is 2.66. The quantitative estimate of drug-likeness (QED) is 0.827. The molecule has 0 amide bonds. The van der Waals surface area contributed by atoms with E-state index in [1.165, 1.54) is 0 Å². The topological polar surface area (TPSA) is 24.8 Å². The van der Waals surface area contributed by atoms with Crippen molar-refractivity contribution < 1.29 is 9.13 Å². The molecule has 0 saturated carbocycles. The number of nitrogens with zero attached hydrogens (tertiary/aromatic N) is 2. The molecule has 0 N–H and O–H groups in total. The fraction of sp³-hybridized carbons (Fsp3) is 0.588. The van der Waals surface area contributed by atoms with Crippen LogP contribution >= 0.6 is 0 Å². The Bertz CT molecular complexity index is 520. The molecule has 0 aliphatic carbocycles. The molecule has 116 valence electrons. The molecule has 3 nitrogen and oxygen atoms in total. The Morgan fingerprint density at radius 1 is 1.43 bits per heavy atom. The molecule has 1 aromatic carbocycles.